The molecule has 2 aliphatic heterocycles. The molecule has 0 aromatic carbocycles. The first-order chi connectivity index (χ1) is 18.8. The van der Waals surface area contributed by atoms with Crippen LogP contribution in [0.15, 0.2) is 24.3 Å². The van der Waals surface area contributed by atoms with E-state index in [9.17, 15) is 9.90 Å². The van der Waals surface area contributed by atoms with Gasteiger partial charge in [-0.15, -0.1) is 0 Å². The normalized spacial score (nSPS) is 31.3. The number of rotatable bonds is 16. The third kappa shape index (κ3) is 10.9. The summed E-state index contributed by atoms with van der Waals surface area (Å²) in [5, 5.41) is 20.0. The Balaban J connectivity index is 1.75. The van der Waals surface area contributed by atoms with Gasteiger partial charge in [-0.05, 0) is 75.5 Å². The van der Waals surface area contributed by atoms with Gasteiger partial charge in [0.05, 0.1) is 18.3 Å². The molecule has 0 bridgehead atoms. The van der Waals surface area contributed by atoms with Crippen molar-refractivity contribution in [2.24, 2.45) is 17.3 Å². The van der Waals surface area contributed by atoms with Crippen LogP contribution in [0.5, 0.6) is 0 Å². The summed E-state index contributed by atoms with van der Waals surface area (Å²) in [6.45, 7) is 8.27. The Morgan fingerprint density at radius 1 is 1.05 bits per heavy atom. The summed E-state index contributed by atoms with van der Waals surface area (Å²) in [6, 6.07) is 0. The van der Waals surface area contributed by atoms with E-state index in [1.165, 1.54) is 0 Å². The van der Waals surface area contributed by atoms with Crippen molar-refractivity contribution in [1.82, 2.24) is 0 Å². The minimum Gasteiger partial charge on any atom is -0.481 e. The van der Waals surface area contributed by atoms with Crippen LogP contribution in [0.3, 0.4) is 0 Å². The van der Waals surface area contributed by atoms with Gasteiger partial charge in [-0.1, -0.05) is 57.9 Å². The molecule has 2 heterocycles. The summed E-state index contributed by atoms with van der Waals surface area (Å²) < 4.78 is 24.9. The van der Waals surface area contributed by atoms with Gasteiger partial charge in [0, 0.05) is 32.0 Å². The average Bonchev–Trinajstić information content (AvgIpc) is 3.21. The Kier molecular flexibility index (Phi) is 14.0. The minimum absolute atomic E-state index is 0.0240. The highest BCUT2D eigenvalue weighted by Gasteiger charge is 2.43. The number of carboxylic acid groups (broad SMARTS) is 1. The van der Waals surface area contributed by atoms with Gasteiger partial charge in [-0.25, -0.2) is 0 Å². The quantitative estimate of drug-likeness (QED) is 0.162. The Bertz CT molecular complexity index is 752. The number of aliphatic carboxylic acids is 1. The molecule has 0 spiro atoms. The van der Waals surface area contributed by atoms with Gasteiger partial charge in [0.2, 0.25) is 0 Å². The lowest BCUT2D eigenvalue weighted by molar-refractivity contribution is -0.198. The topological polar surface area (TPSA) is 94.5 Å². The third-order valence-corrected chi connectivity index (χ3v) is 8.58. The molecule has 7 heteroatoms. The molecular weight excluding hydrogens is 496 g/mol. The molecule has 2 unspecified atom stereocenters. The number of hydrogen-bond donors (Lipinski definition) is 2. The Morgan fingerprint density at radius 2 is 1.77 bits per heavy atom. The predicted octanol–water partition coefficient (Wildman–Crippen LogP) is 6.78. The fraction of sp³-hybridized carbons (Fsp3) is 0.844. The standard InChI is InChI=1S/C32H54O7/c1-4-5-20-32(2,3)28(39-31-17-11-13-22-37-31)19-18-25-24(14-8-6-7-9-15-29(34)35)26(33)23-27(25)38-30-16-10-12-21-36-30/h6,8,18-19,24-28,30-31,33H,4-5,7,9-17,20-23H2,1-3H3,(H,34,35)/b8-6-,19-18+/t24-,25-,26+,27-,28-,30?,31?/m1/s1. The van der Waals surface area contributed by atoms with Crippen molar-refractivity contribution in [1.29, 1.82) is 0 Å². The second-order valence-electron chi connectivity index (χ2n) is 12.3. The Labute approximate surface area is 236 Å². The van der Waals surface area contributed by atoms with Crippen molar-refractivity contribution in [2.75, 3.05) is 13.2 Å². The molecule has 39 heavy (non-hydrogen) atoms. The van der Waals surface area contributed by atoms with Crippen LogP contribution in [0.4, 0.5) is 0 Å². The number of allylic oxidation sites excluding steroid dienone is 2. The van der Waals surface area contributed by atoms with E-state index in [0.29, 0.717) is 12.8 Å². The number of unbranched alkanes of at least 4 members (excludes halogenated alkanes) is 2. The molecule has 1 aliphatic carbocycles. The first-order valence-electron chi connectivity index (χ1n) is 15.6. The molecular formula is C32H54O7. The fourth-order valence-electron chi connectivity index (χ4n) is 6.06. The first-order valence-corrected chi connectivity index (χ1v) is 15.6. The lowest BCUT2D eigenvalue weighted by Crippen LogP contribution is -2.37. The maximum Gasteiger partial charge on any atom is 0.303 e. The van der Waals surface area contributed by atoms with Gasteiger partial charge in [-0.2, -0.15) is 0 Å². The molecule has 7 atom stereocenters. The Hall–Kier alpha value is -1.25. The van der Waals surface area contributed by atoms with Crippen molar-refractivity contribution < 1.29 is 34.0 Å². The second-order valence-corrected chi connectivity index (χ2v) is 12.3. The summed E-state index contributed by atoms with van der Waals surface area (Å²) in [4.78, 5) is 10.8. The number of ether oxygens (including phenoxy) is 4. The van der Waals surface area contributed by atoms with Gasteiger partial charge in [0.1, 0.15) is 0 Å². The largest absolute Gasteiger partial charge is 0.481 e. The molecule has 2 N–H and O–H groups in total. The summed E-state index contributed by atoms with van der Waals surface area (Å²) in [6.07, 6.45) is 20.0. The highest BCUT2D eigenvalue weighted by atomic mass is 16.7. The third-order valence-electron chi connectivity index (χ3n) is 8.58. The molecule has 224 valence electrons. The van der Waals surface area contributed by atoms with Crippen LogP contribution in [0.25, 0.3) is 0 Å². The number of carboxylic acids is 1. The van der Waals surface area contributed by atoms with E-state index in [1.807, 2.05) is 0 Å². The van der Waals surface area contributed by atoms with Crippen molar-refractivity contribution in [3.8, 4) is 0 Å². The van der Waals surface area contributed by atoms with E-state index in [2.05, 4.69) is 45.1 Å². The van der Waals surface area contributed by atoms with Gasteiger partial charge in [-0.3, -0.25) is 4.79 Å². The fourth-order valence-corrected chi connectivity index (χ4v) is 6.06. The average molecular weight is 551 g/mol. The molecule has 0 aromatic heterocycles. The zero-order chi connectivity index (χ0) is 28.1. The van der Waals surface area contributed by atoms with Crippen LogP contribution in [0.2, 0.25) is 0 Å². The van der Waals surface area contributed by atoms with E-state index in [-0.39, 0.29) is 48.5 Å². The maximum atomic E-state index is 11.1. The van der Waals surface area contributed by atoms with Crippen molar-refractivity contribution >= 4 is 5.97 Å². The van der Waals surface area contributed by atoms with E-state index in [1.54, 1.807) is 0 Å². The van der Waals surface area contributed by atoms with Gasteiger partial charge >= 0.3 is 5.97 Å². The molecule has 3 fully saturated rings. The first kappa shape index (κ1) is 32.3. The zero-order valence-corrected chi connectivity index (χ0v) is 24.6. The number of hydrogen-bond acceptors (Lipinski definition) is 6. The van der Waals surface area contributed by atoms with Crippen LogP contribution in [0, 0.1) is 17.3 Å². The monoisotopic (exact) mass is 550 g/mol. The minimum atomic E-state index is -0.762. The van der Waals surface area contributed by atoms with Crippen LogP contribution in [0.1, 0.15) is 111 Å². The van der Waals surface area contributed by atoms with Crippen molar-refractivity contribution in [3.05, 3.63) is 24.3 Å². The second kappa shape index (κ2) is 16.9. The zero-order valence-electron chi connectivity index (χ0n) is 24.6. The SMILES string of the molecule is CCCCC(C)(C)[C@@H](/C=C/[C@@H]1[C@@H](C/C=C\CCCC(=O)O)[C@@H](O)C[C@H]1OC1CCCCO1)OC1CCCCO1. The molecule has 2 saturated heterocycles. The van der Waals surface area contributed by atoms with Crippen LogP contribution in [-0.4, -0.2) is 60.3 Å². The van der Waals surface area contributed by atoms with E-state index in [0.717, 1.165) is 83.8 Å². The maximum absolute atomic E-state index is 11.1. The smallest absolute Gasteiger partial charge is 0.303 e. The van der Waals surface area contributed by atoms with Gasteiger partial charge in [0.15, 0.2) is 12.6 Å². The van der Waals surface area contributed by atoms with Crippen LogP contribution in [-0.2, 0) is 23.7 Å². The number of aliphatic hydroxyl groups excluding tert-OH is 1. The number of aliphatic hydroxyl groups is 1. The molecule has 3 rings (SSSR count). The summed E-state index contributed by atoms with van der Waals surface area (Å²) in [5.74, 6) is -0.701. The van der Waals surface area contributed by atoms with Crippen LogP contribution < -0.4 is 0 Å². The Morgan fingerprint density at radius 3 is 2.41 bits per heavy atom. The predicted molar refractivity (Wildman–Crippen MR) is 152 cm³/mol. The molecule has 0 aromatic rings. The van der Waals surface area contributed by atoms with Crippen molar-refractivity contribution in [2.45, 2.75) is 142 Å². The van der Waals surface area contributed by atoms with Gasteiger partial charge < -0.3 is 29.2 Å². The molecule has 7 nitrogen and oxygen atoms in total. The summed E-state index contributed by atoms with van der Waals surface area (Å²) in [7, 11) is 0. The lowest BCUT2D eigenvalue weighted by Gasteiger charge is -2.36. The summed E-state index contributed by atoms with van der Waals surface area (Å²) in [5.41, 5.74) is -0.0487. The van der Waals surface area contributed by atoms with Gasteiger partial charge in [0.25, 0.3) is 0 Å². The lowest BCUT2D eigenvalue weighted by atomic mass is 9.80. The van der Waals surface area contributed by atoms with E-state index < -0.39 is 12.1 Å². The molecule has 1 saturated carbocycles. The van der Waals surface area contributed by atoms with E-state index >= 15 is 0 Å². The highest BCUT2D eigenvalue weighted by Crippen LogP contribution is 2.41. The van der Waals surface area contributed by atoms with E-state index in [4.69, 9.17) is 24.1 Å². The molecule has 0 amide bonds. The molecule has 0 radical (unpaired) electrons. The summed E-state index contributed by atoms with van der Waals surface area (Å²) >= 11 is 0. The van der Waals surface area contributed by atoms with Crippen LogP contribution >= 0.6 is 0 Å². The number of carbonyl (C=O) groups is 1. The highest BCUT2D eigenvalue weighted by molar-refractivity contribution is 5.66. The van der Waals surface area contributed by atoms with Crippen molar-refractivity contribution in [3.63, 3.8) is 0 Å². The molecule has 3 aliphatic rings.